The van der Waals surface area contributed by atoms with Gasteiger partial charge in [-0.2, -0.15) is 0 Å². The van der Waals surface area contributed by atoms with Crippen LogP contribution in [0.3, 0.4) is 0 Å². The maximum Gasteiger partial charge on any atom is 0.472 e. The highest BCUT2D eigenvalue weighted by atomic mass is 31.2. The molecule has 0 aromatic rings. The molecule has 10 heteroatoms. The van der Waals surface area contributed by atoms with Gasteiger partial charge in [-0.15, -0.1) is 0 Å². The summed E-state index contributed by atoms with van der Waals surface area (Å²) in [5.41, 5.74) is 0. The normalized spacial score (nSPS) is 14.2. The molecular formula is C67H122N2O7P+. The first-order valence-corrected chi connectivity index (χ1v) is 33.4. The summed E-state index contributed by atoms with van der Waals surface area (Å²) in [5, 5.41) is 3.05. The van der Waals surface area contributed by atoms with Crippen LogP contribution in [0, 0.1) is 0 Å². The van der Waals surface area contributed by atoms with Crippen molar-refractivity contribution in [2.75, 3.05) is 40.9 Å². The number of nitrogens with one attached hydrogen (secondary N) is 1. The van der Waals surface area contributed by atoms with Crippen molar-refractivity contribution in [3.8, 4) is 0 Å². The van der Waals surface area contributed by atoms with Crippen LogP contribution < -0.4 is 5.32 Å². The molecule has 0 spiro atoms. The smallest absolute Gasteiger partial charge is 0.456 e. The minimum atomic E-state index is -4.46. The summed E-state index contributed by atoms with van der Waals surface area (Å²) in [7, 11) is 1.47. The van der Waals surface area contributed by atoms with E-state index in [0.29, 0.717) is 23.9 Å². The number of phosphoric acid groups is 1. The van der Waals surface area contributed by atoms with Crippen LogP contribution in [0.25, 0.3) is 0 Å². The maximum absolute atomic E-state index is 13.6. The Balaban J connectivity index is 5.33. The third-order valence-corrected chi connectivity index (χ3v) is 14.8. The average Bonchev–Trinajstić information content (AvgIpc) is 3.39. The largest absolute Gasteiger partial charge is 0.472 e. The van der Waals surface area contributed by atoms with Gasteiger partial charge in [-0.25, -0.2) is 4.57 Å². The number of carbonyl (C=O) groups is 2. The van der Waals surface area contributed by atoms with Crippen molar-refractivity contribution in [2.45, 2.75) is 290 Å². The van der Waals surface area contributed by atoms with E-state index in [1.54, 1.807) is 0 Å². The number of rotatable bonds is 57. The Hall–Kier alpha value is -2.81. The van der Waals surface area contributed by atoms with Crippen LogP contribution in [0.2, 0.25) is 0 Å². The number of nitrogens with zero attached hydrogens (tertiary/aromatic N) is 1. The van der Waals surface area contributed by atoms with Crippen molar-refractivity contribution in [1.82, 2.24) is 5.32 Å². The number of likely N-dealkylation sites (N-methyl/N-ethyl adjacent to an activating group) is 1. The Kier molecular flexibility index (Phi) is 54.4. The molecule has 0 aliphatic heterocycles. The van der Waals surface area contributed by atoms with Crippen molar-refractivity contribution < 1.29 is 37.3 Å². The van der Waals surface area contributed by atoms with Crippen LogP contribution in [0.5, 0.6) is 0 Å². The lowest BCUT2D eigenvalue weighted by atomic mass is 10.0. The molecule has 1 amide bonds. The molecule has 0 aliphatic rings. The van der Waals surface area contributed by atoms with Gasteiger partial charge in [-0.1, -0.05) is 247 Å². The number of phosphoric ester groups is 1. The molecule has 0 fully saturated rings. The van der Waals surface area contributed by atoms with Gasteiger partial charge in [0.05, 0.1) is 33.8 Å². The van der Waals surface area contributed by atoms with E-state index in [1.165, 1.54) is 148 Å². The summed E-state index contributed by atoms with van der Waals surface area (Å²) in [5.74, 6) is -0.543. The summed E-state index contributed by atoms with van der Waals surface area (Å²) in [6.07, 6.45) is 74.3. The van der Waals surface area contributed by atoms with Crippen molar-refractivity contribution in [3.05, 3.63) is 85.1 Å². The molecule has 9 nitrogen and oxygen atoms in total. The number of esters is 1. The molecule has 0 bridgehead atoms. The second-order valence-corrected chi connectivity index (χ2v) is 24.0. The van der Waals surface area contributed by atoms with Gasteiger partial charge in [0.15, 0.2) is 0 Å². The minimum Gasteiger partial charge on any atom is -0.456 e. The fourth-order valence-corrected chi connectivity index (χ4v) is 9.64. The standard InChI is InChI=1S/C67H121N2O7P/c1-7-10-13-16-19-22-25-28-30-32-34-36-38-41-44-47-50-53-56-59-66(70)68-64(63-75-77(72,73)74-62-61-69(4,5)6)65(58-55-52-49-46-43-40-27-24-21-18-15-12-9-3)76-67(71)60-57-54-51-48-45-42-39-37-35-33-31-29-26-23-20-17-14-11-8-2/h11,14,20,23,28-31,35,37,42,45,55,58,64-65H,7-10,12-13,15-19,21-22,24-27,32-34,36,38-41,43-44,46-54,56-57,59-63H2,1-6H3,(H-,68,70,72,73)/p+1/b14-11-,23-20-,30-28+,31-29-,37-35-,45-42-,58-55+. The fourth-order valence-electron chi connectivity index (χ4n) is 8.90. The molecule has 0 aliphatic carbocycles. The molecule has 0 saturated heterocycles. The van der Waals surface area contributed by atoms with Crippen LogP contribution >= 0.6 is 7.82 Å². The molecule has 446 valence electrons. The predicted molar refractivity (Wildman–Crippen MR) is 332 cm³/mol. The highest BCUT2D eigenvalue weighted by Crippen LogP contribution is 2.43. The van der Waals surface area contributed by atoms with E-state index in [0.717, 1.165) is 89.9 Å². The zero-order valence-corrected chi connectivity index (χ0v) is 51.8. The molecule has 0 rings (SSSR count). The molecule has 77 heavy (non-hydrogen) atoms. The molecule has 3 unspecified atom stereocenters. The molecule has 0 saturated carbocycles. The van der Waals surface area contributed by atoms with Crippen LogP contribution in [0.15, 0.2) is 85.1 Å². The third kappa shape index (κ3) is 57.7. The topological polar surface area (TPSA) is 111 Å². The van der Waals surface area contributed by atoms with Crippen LogP contribution in [-0.2, 0) is 27.9 Å². The predicted octanol–water partition coefficient (Wildman–Crippen LogP) is 19.8. The van der Waals surface area contributed by atoms with Gasteiger partial charge >= 0.3 is 13.8 Å². The van der Waals surface area contributed by atoms with Crippen molar-refractivity contribution in [1.29, 1.82) is 0 Å². The fraction of sp³-hybridized carbons (Fsp3) is 0.761. The second-order valence-electron chi connectivity index (χ2n) is 22.5. The number of carbonyl (C=O) groups excluding carboxylic acids is 2. The summed E-state index contributed by atoms with van der Waals surface area (Å²) < 4.78 is 30.7. The molecule has 0 aromatic carbocycles. The highest BCUT2D eigenvalue weighted by Gasteiger charge is 2.30. The van der Waals surface area contributed by atoms with Gasteiger partial charge in [0.2, 0.25) is 5.91 Å². The number of quaternary nitrogens is 1. The lowest BCUT2D eigenvalue weighted by molar-refractivity contribution is -0.870. The quantitative estimate of drug-likeness (QED) is 0.0205. The Morgan fingerprint density at radius 2 is 0.831 bits per heavy atom. The van der Waals surface area contributed by atoms with E-state index in [-0.39, 0.29) is 31.5 Å². The number of unbranched alkanes of at least 4 members (excludes halogenated alkanes) is 29. The van der Waals surface area contributed by atoms with E-state index in [1.807, 2.05) is 33.3 Å². The first-order valence-electron chi connectivity index (χ1n) is 31.9. The summed E-state index contributed by atoms with van der Waals surface area (Å²) in [4.78, 5) is 37.8. The van der Waals surface area contributed by atoms with Crippen molar-refractivity contribution in [3.63, 3.8) is 0 Å². The average molecular weight is 1100 g/mol. The van der Waals surface area contributed by atoms with E-state index in [9.17, 15) is 19.0 Å². The number of allylic oxidation sites excluding steroid dienone is 13. The van der Waals surface area contributed by atoms with Gasteiger partial charge in [-0.05, 0) is 102 Å². The van der Waals surface area contributed by atoms with Gasteiger partial charge in [0.25, 0.3) is 0 Å². The summed E-state index contributed by atoms with van der Waals surface area (Å²) in [6.45, 7) is 6.88. The van der Waals surface area contributed by atoms with E-state index >= 15 is 0 Å². The Bertz CT molecular complexity index is 1590. The Labute approximate surface area is 476 Å². The molecule has 3 atom stereocenters. The second kappa shape index (κ2) is 56.5. The molecule has 2 N–H and O–H groups in total. The molecule has 0 aromatic heterocycles. The summed E-state index contributed by atoms with van der Waals surface area (Å²) >= 11 is 0. The SMILES string of the molecule is CC/C=C\C/C=C\C/C=C\C/C=C\C/C=C\CCCCCC(=O)OC(/C=C/CCCCCCCCCCCCC)C(COP(=O)(O)OCC[N+](C)(C)C)NC(=O)CCCCCCCCCCC/C=C/CCCCCCCC. The van der Waals surface area contributed by atoms with Gasteiger partial charge in [-0.3, -0.25) is 18.6 Å². The van der Waals surface area contributed by atoms with Gasteiger partial charge in [0.1, 0.15) is 19.3 Å². The van der Waals surface area contributed by atoms with E-state index in [2.05, 4.69) is 99.0 Å². The zero-order valence-electron chi connectivity index (χ0n) is 50.9. The molecule has 0 heterocycles. The van der Waals surface area contributed by atoms with Crippen LogP contribution in [0.4, 0.5) is 0 Å². The Morgan fingerprint density at radius 3 is 1.27 bits per heavy atom. The Morgan fingerprint density at radius 1 is 0.468 bits per heavy atom. The lowest BCUT2D eigenvalue weighted by Gasteiger charge is -2.27. The summed E-state index contributed by atoms with van der Waals surface area (Å²) in [6, 6.07) is -0.867. The molecule has 0 radical (unpaired) electrons. The van der Waals surface area contributed by atoms with Crippen LogP contribution in [-0.4, -0.2) is 74.3 Å². The van der Waals surface area contributed by atoms with Crippen molar-refractivity contribution >= 4 is 19.7 Å². The third-order valence-electron chi connectivity index (χ3n) is 13.8. The van der Waals surface area contributed by atoms with Gasteiger partial charge in [0, 0.05) is 12.8 Å². The zero-order chi connectivity index (χ0) is 56.4. The van der Waals surface area contributed by atoms with Gasteiger partial charge < -0.3 is 19.4 Å². The van der Waals surface area contributed by atoms with E-state index < -0.39 is 20.0 Å². The number of hydrogen-bond donors (Lipinski definition) is 2. The first kappa shape index (κ1) is 74.2. The highest BCUT2D eigenvalue weighted by molar-refractivity contribution is 7.47. The lowest BCUT2D eigenvalue weighted by Crippen LogP contribution is -2.47. The van der Waals surface area contributed by atoms with Crippen LogP contribution in [0.1, 0.15) is 278 Å². The number of ether oxygens (including phenoxy) is 1. The van der Waals surface area contributed by atoms with E-state index in [4.69, 9.17) is 13.8 Å². The first-order chi connectivity index (χ1) is 37.4. The number of hydrogen-bond acceptors (Lipinski definition) is 6. The number of amides is 1. The molecular weight excluding hydrogens is 976 g/mol. The maximum atomic E-state index is 13.6. The monoisotopic (exact) mass is 1100 g/mol. The van der Waals surface area contributed by atoms with Crippen molar-refractivity contribution in [2.24, 2.45) is 0 Å². The minimum absolute atomic E-state index is 0.0314.